The van der Waals surface area contributed by atoms with Gasteiger partial charge in [0.15, 0.2) is 0 Å². The summed E-state index contributed by atoms with van der Waals surface area (Å²) in [6, 6.07) is 3.60. The van der Waals surface area contributed by atoms with Crippen molar-refractivity contribution in [3.8, 4) is 11.3 Å². The molecule has 0 aromatic carbocycles. The number of hydrogen-bond donors (Lipinski definition) is 1. The van der Waals surface area contributed by atoms with E-state index in [0.29, 0.717) is 23.0 Å². The van der Waals surface area contributed by atoms with Crippen molar-refractivity contribution in [3.63, 3.8) is 0 Å². The first-order chi connectivity index (χ1) is 11.4. The van der Waals surface area contributed by atoms with Crippen molar-refractivity contribution in [1.82, 2.24) is 25.0 Å². The molecule has 6 nitrogen and oxygen atoms in total. The van der Waals surface area contributed by atoms with Gasteiger partial charge in [-0.15, -0.1) is 0 Å². The number of pyridine rings is 1. The molecule has 0 aliphatic carbocycles. The number of halogens is 1. The van der Waals surface area contributed by atoms with Crippen molar-refractivity contribution in [2.24, 2.45) is 7.05 Å². The Hall–Kier alpha value is -1.92. The van der Waals surface area contributed by atoms with Gasteiger partial charge in [-0.25, -0.2) is 4.98 Å². The Labute approximate surface area is 147 Å². The van der Waals surface area contributed by atoms with Crippen molar-refractivity contribution in [2.45, 2.75) is 26.8 Å². The Kier molecular flexibility index (Phi) is 6.34. The zero-order chi connectivity index (χ0) is 17.7. The van der Waals surface area contributed by atoms with E-state index in [2.05, 4.69) is 41.1 Å². The van der Waals surface area contributed by atoms with E-state index >= 15 is 0 Å². The number of nitrogens with zero attached hydrogens (tertiary/aromatic N) is 4. The van der Waals surface area contributed by atoms with Gasteiger partial charge in [0, 0.05) is 37.0 Å². The second kappa shape index (κ2) is 8.26. The van der Waals surface area contributed by atoms with Gasteiger partial charge < -0.3 is 5.32 Å². The van der Waals surface area contributed by atoms with Gasteiger partial charge in [0.25, 0.3) is 5.91 Å². The first-order valence-electron chi connectivity index (χ1n) is 8.13. The van der Waals surface area contributed by atoms with E-state index < -0.39 is 0 Å². The molecule has 0 aliphatic rings. The SMILES string of the molecule is CCN(CC)C(C)CNC(=O)c1cc(Cl)nc(-c2cnn(C)c2)c1. The third-order valence-electron chi connectivity index (χ3n) is 4.05. The molecule has 1 amide bonds. The number of carbonyl (C=O) groups is 1. The lowest BCUT2D eigenvalue weighted by Crippen LogP contribution is -2.42. The van der Waals surface area contributed by atoms with Crippen LogP contribution >= 0.6 is 11.6 Å². The van der Waals surface area contributed by atoms with E-state index in [9.17, 15) is 4.79 Å². The molecule has 0 radical (unpaired) electrons. The molecule has 2 aromatic rings. The highest BCUT2D eigenvalue weighted by Gasteiger charge is 2.14. The summed E-state index contributed by atoms with van der Waals surface area (Å²) in [5.74, 6) is -0.150. The predicted octanol–water partition coefficient (Wildman–Crippen LogP) is 2.60. The maximum absolute atomic E-state index is 12.5. The first kappa shape index (κ1) is 18.4. The summed E-state index contributed by atoms with van der Waals surface area (Å²) < 4.78 is 1.68. The van der Waals surface area contributed by atoms with Gasteiger partial charge in [-0.05, 0) is 32.1 Å². The van der Waals surface area contributed by atoms with Gasteiger partial charge in [0.1, 0.15) is 5.15 Å². The standard InChI is InChI=1S/C17H24ClN5O/c1-5-23(6-2)12(3)9-19-17(24)13-7-15(21-16(18)8-13)14-10-20-22(4)11-14/h7-8,10-12H,5-6,9H2,1-4H3,(H,19,24). The predicted molar refractivity (Wildman–Crippen MR) is 96.2 cm³/mol. The molecule has 2 aromatic heterocycles. The third kappa shape index (κ3) is 4.55. The Balaban J connectivity index is 2.11. The van der Waals surface area contributed by atoms with Crippen molar-refractivity contribution < 1.29 is 4.79 Å². The van der Waals surface area contributed by atoms with Crippen LogP contribution in [-0.2, 0) is 7.05 Å². The molecular weight excluding hydrogens is 326 g/mol. The lowest BCUT2D eigenvalue weighted by molar-refractivity contribution is 0.0938. The molecule has 24 heavy (non-hydrogen) atoms. The van der Waals surface area contributed by atoms with Gasteiger partial charge in [0.2, 0.25) is 0 Å². The average Bonchev–Trinajstić information content (AvgIpc) is 2.99. The fourth-order valence-electron chi connectivity index (χ4n) is 2.65. The summed E-state index contributed by atoms with van der Waals surface area (Å²) in [6.07, 6.45) is 3.53. The Morgan fingerprint density at radius 1 is 1.38 bits per heavy atom. The minimum atomic E-state index is -0.150. The topological polar surface area (TPSA) is 63.1 Å². The van der Waals surface area contributed by atoms with E-state index in [1.165, 1.54) is 0 Å². The molecule has 0 saturated carbocycles. The second-order valence-corrected chi connectivity index (χ2v) is 6.13. The monoisotopic (exact) mass is 349 g/mol. The van der Waals surface area contributed by atoms with Crippen LogP contribution in [0, 0.1) is 0 Å². The molecule has 7 heteroatoms. The fourth-order valence-corrected chi connectivity index (χ4v) is 2.86. The number of likely N-dealkylation sites (N-methyl/N-ethyl adjacent to an activating group) is 1. The van der Waals surface area contributed by atoms with Crippen molar-refractivity contribution in [3.05, 3.63) is 35.2 Å². The highest BCUT2D eigenvalue weighted by molar-refractivity contribution is 6.29. The minimum Gasteiger partial charge on any atom is -0.350 e. The number of amides is 1. The number of nitrogens with one attached hydrogen (secondary N) is 1. The number of carbonyl (C=O) groups excluding carboxylic acids is 1. The minimum absolute atomic E-state index is 0.150. The van der Waals surface area contributed by atoms with Crippen LogP contribution in [0.3, 0.4) is 0 Å². The number of hydrogen-bond acceptors (Lipinski definition) is 4. The molecule has 1 atom stereocenters. The zero-order valence-corrected chi connectivity index (χ0v) is 15.3. The Morgan fingerprint density at radius 2 is 2.08 bits per heavy atom. The zero-order valence-electron chi connectivity index (χ0n) is 14.6. The molecule has 1 N–H and O–H groups in total. The molecule has 0 saturated heterocycles. The Morgan fingerprint density at radius 3 is 2.67 bits per heavy atom. The molecule has 0 bridgehead atoms. The molecule has 0 fully saturated rings. The molecule has 2 rings (SSSR count). The molecule has 1 unspecified atom stereocenters. The maximum Gasteiger partial charge on any atom is 0.251 e. The highest BCUT2D eigenvalue weighted by Crippen LogP contribution is 2.20. The maximum atomic E-state index is 12.5. The molecule has 0 spiro atoms. The van der Waals surface area contributed by atoms with Crippen LogP contribution in [0.4, 0.5) is 0 Å². The number of rotatable bonds is 7. The van der Waals surface area contributed by atoms with Crippen molar-refractivity contribution >= 4 is 17.5 Å². The summed E-state index contributed by atoms with van der Waals surface area (Å²) in [5.41, 5.74) is 1.96. The summed E-state index contributed by atoms with van der Waals surface area (Å²) in [6.45, 7) is 8.84. The van der Waals surface area contributed by atoms with Crippen molar-refractivity contribution in [2.75, 3.05) is 19.6 Å². The van der Waals surface area contributed by atoms with Crippen LogP contribution in [-0.4, -0.2) is 51.2 Å². The fraction of sp³-hybridized carbons (Fsp3) is 0.471. The summed E-state index contributed by atoms with van der Waals surface area (Å²) in [4.78, 5) is 19.0. The van der Waals surface area contributed by atoms with E-state index in [1.54, 1.807) is 23.0 Å². The third-order valence-corrected chi connectivity index (χ3v) is 4.24. The van der Waals surface area contributed by atoms with E-state index in [4.69, 9.17) is 11.6 Å². The van der Waals surface area contributed by atoms with E-state index in [1.807, 2.05) is 13.2 Å². The van der Waals surface area contributed by atoms with Crippen LogP contribution in [0.1, 0.15) is 31.1 Å². The van der Waals surface area contributed by atoms with Gasteiger partial charge in [0.05, 0.1) is 11.9 Å². The van der Waals surface area contributed by atoms with Gasteiger partial charge in [-0.3, -0.25) is 14.4 Å². The van der Waals surface area contributed by atoms with Gasteiger partial charge >= 0.3 is 0 Å². The van der Waals surface area contributed by atoms with Gasteiger partial charge in [-0.2, -0.15) is 5.10 Å². The Bertz CT molecular complexity index is 696. The lowest BCUT2D eigenvalue weighted by atomic mass is 10.1. The van der Waals surface area contributed by atoms with Crippen LogP contribution in [0.2, 0.25) is 5.15 Å². The molecular formula is C17H24ClN5O. The van der Waals surface area contributed by atoms with E-state index in [-0.39, 0.29) is 11.9 Å². The number of aryl methyl sites for hydroxylation is 1. The summed E-state index contributed by atoms with van der Waals surface area (Å²) in [5, 5.41) is 7.38. The smallest absolute Gasteiger partial charge is 0.251 e. The van der Waals surface area contributed by atoms with Crippen LogP contribution < -0.4 is 5.32 Å². The quantitative estimate of drug-likeness (QED) is 0.780. The number of aromatic nitrogens is 3. The van der Waals surface area contributed by atoms with E-state index in [0.717, 1.165) is 18.7 Å². The summed E-state index contributed by atoms with van der Waals surface area (Å²) >= 11 is 6.08. The van der Waals surface area contributed by atoms with Crippen LogP contribution in [0.15, 0.2) is 24.5 Å². The summed E-state index contributed by atoms with van der Waals surface area (Å²) in [7, 11) is 1.83. The lowest BCUT2D eigenvalue weighted by Gasteiger charge is -2.26. The van der Waals surface area contributed by atoms with Gasteiger partial charge in [-0.1, -0.05) is 25.4 Å². The first-order valence-corrected chi connectivity index (χ1v) is 8.51. The highest BCUT2D eigenvalue weighted by atomic mass is 35.5. The van der Waals surface area contributed by atoms with Crippen LogP contribution in [0.25, 0.3) is 11.3 Å². The van der Waals surface area contributed by atoms with Crippen LogP contribution in [0.5, 0.6) is 0 Å². The second-order valence-electron chi connectivity index (χ2n) is 5.75. The molecule has 0 aliphatic heterocycles. The average molecular weight is 350 g/mol. The largest absolute Gasteiger partial charge is 0.350 e. The molecule has 130 valence electrons. The molecule has 2 heterocycles. The normalized spacial score (nSPS) is 12.4. The van der Waals surface area contributed by atoms with Crippen molar-refractivity contribution in [1.29, 1.82) is 0 Å².